The predicted octanol–water partition coefficient (Wildman–Crippen LogP) is 4.69. The predicted molar refractivity (Wildman–Crippen MR) is 69.6 cm³/mol. The Morgan fingerprint density at radius 3 is 2.50 bits per heavy atom. The number of halogens is 2. The standard InChI is InChI=1S/C12H7Cl2NO3/c13-8-5-6-9(14)12(7-8)18-11-4-2-1-3-10(11)15(16)17/h1-7H. The summed E-state index contributed by atoms with van der Waals surface area (Å²) in [7, 11) is 0. The maximum atomic E-state index is 10.8. The normalized spacial score (nSPS) is 10.1. The van der Waals surface area contributed by atoms with E-state index in [1.807, 2.05) is 0 Å². The molecule has 0 aliphatic rings. The number of hydrogen-bond donors (Lipinski definition) is 0. The number of ether oxygens (including phenoxy) is 1. The van der Waals surface area contributed by atoms with Gasteiger partial charge in [0.05, 0.1) is 9.95 Å². The van der Waals surface area contributed by atoms with Crippen molar-refractivity contribution in [3.05, 3.63) is 62.6 Å². The van der Waals surface area contributed by atoms with Gasteiger partial charge in [0.2, 0.25) is 5.75 Å². The third kappa shape index (κ3) is 2.72. The van der Waals surface area contributed by atoms with E-state index in [4.69, 9.17) is 27.9 Å². The lowest BCUT2D eigenvalue weighted by Crippen LogP contribution is -1.93. The van der Waals surface area contributed by atoms with Crippen LogP contribution in [0, 0.1) is 10.1 Å². The van der Waals surface area contributed by atoms with Gasteiger partial charge in [-0.3, -0.25) is 10.1 Å². The van der Waals surface area contributed by atoms with Crippen LogP contribution >= 0.6 is 23.2 Å². The zero-order chi connectivity index (χ0) is 13.1. The van der Waals surface area contributed by atoms with Crippen molar-refractivity contribution in [3.8, 4) is 11.5 Å². The zero-order valence-electron chi connectivity index (χ0n) is 8.97. The Hall–Kier alpha value is -1.78. The van der Waals surface area contributed by atoms with Gasteiger partial charge in [-0.2, -0.15) is 0 Å². The Morgan fingerprint density at radius 1 is 1.06 bits per heavy atom. The third-order valence-corrected chi connectivity index (χ3v) is 2.72. The molecule has 0 radical (unpaired) electrons. The Labute approximate surface area is 113 Å². The fourth-order valence-corrected chi connectivity index (χ4v) is 1.69. The fourth-order valence-electron chi connectivity index (χ4n) is 1.37. The Balaban J connectivity index is 2.40. The number of nitrogens with zero attached hydrogens (tertiary/aromatic N) is 1. The van der Waals surface area contributed by atoms with Gasteiger partial charge in [-0.25, -0.2) is 0 Å². The highest BCUT2D eigenvalue weighted by atomic mass is 35.5. The van der Waals surface area contributed by atoms with Crippen LogP contribution in [0.1, 0.15) is 0 Å². The van der Waals surface area contributed by atoms with E-state index in [0.717, 1.165) is 0 Å². The summed E-state index contributed by atoms with van der Waals surface area (Å²) in [4.78, 5) is 10.3. The molecule has 0 heterocycles. The molecular weight excluding hydrogens is 277 g/mol. The molecule has 92 valence electrons. The monoisotopic (exact) mass is 283 g/mol. The van der Waals surface area contributed by atoms with Crippen LogP contribution in [-0.4, -0.2) is 4.92 Å². The maximum absolute atomic E-state index is 10.8. The molecule has 2 rings (SSSR count). The quantitative estimate of drug-likeness (QED) is 0.606. The molecule has 2 aromatic carbocycles. The van der Waals surface area contributed by atoms with Gasteiger partial charge in [-0.1, -0.05) is 35.3 Å². The third-order valence-electron chi connectivity index (χ3n) is 2.18. The van der Waals surface area contributed by atoms with Crippen LogP contribution < -0.4 is 4.74 Å². The summed E-state index contributed by atoms with van der Waals surface area (Å²) >= 11 is 11.7. The maximum Gasteiger partial charge on any atom is 0.311 e. The number of benzene rings is 2. The molecule has 18 heavy (non-hydrogen) atoms. The second kappa shape index (κ2) is 5.25. The van der Waals surface area contributed by atoms with Gasteiger partial charge < -0.3 is 4.74 Å². The van der Waals surface area contributed by atoms with Crippen LogP contribution in [0.15, 0.2) is 42.5 Å². The minimum Gasteiger partial charge on any atom is -0.449 e. The minimum absolute atomic E-state index is 0.117. The van der Waals surface area contributed by atoms with Crippen molar-refractivity contribution in [2.45, 2.75) is 0 Å². The molecule has 0 saturated heterocycles. The lowest BCUT2D eigenvalue weighted by Gasteiger charge is -2.07. The van der Waals surface area contributed by atoms with Crippen molar-refractivity contribution in [1.29, 1.82) is 0 Å². The van der Waals surface area contributed by atoms with Crippen LogP contribution in [0.25, 0.3) is 0 Å². The summed E-state index contributed by atoms with van der Waals surface area (Å²) < 4.78 is 5.42. The SMILES string of the molecule is O=[N+]([O-])c1ccccc1Oc1cc(Cl)ccc1Cl. The summed E-state index contributed by atoms with van der Waals surface area (Å²) in [6.07, 6.45) is 0. The van der Waals surface area contributed by atoms with Crippen molar-refractivity contribution in [3.63, 3.8) is 0 Å². The molecule has 4 nitrogen and oxygen atoms in total. The molecule has 0 N–H and O–H groups in total. The molecule has 6 heteroatoms. The molecule has 0 aliphatic heterocycles. The van der Waals surface area contributed by atoms with E-state index in [1.165, 1.54) is 18.2 Å². The van der Waals surface area contributed by atoms with Crippen LogP contribution in [0.5, 0.6) is 11.5 Å². The first-order valence-electron chi connectivity index (χ1n) is 4.94. The number of nitro groups is 1. The first-order chi connectivity index (χ1) is 8.58. The van der Waals surface area contributed by atoms with Gasteiger partial charge in [-0.15, -0.1) is 0 Å². The molecule has 0 bridgehead atoms. The fraction of sp³-hybridized carbons (Fsp3) is 0. The second-order valence-electron chi connectivity index (χ2n) is 3.40. The average molecular weight is 284 g/mol. The topological polar surface area (TPSA) is 52.4 Å². The van der Waals surface area contributed by atoms with Crippen molar-refractivity contribution in [2.75, 3.05) is 0 Å². The van der Waals surface area contributed by atoms with Gasteiger partial charge in [0.1, 0.15) is 5.75 Å². The molecular formula is C12H7Cl2NO3. The number of para-hydroxylation sites is 2. The molecule has 0 fully saturated rings. The van der Waals surface area contributed by atoms with E-state index in [1.54, 1.807) is 24.3 Å². The summed E-state index contributed by atoms with van der Waals surface area (Å²) in [5.74, 6) is 0.394. The molecule has 0 unspecified atom stereocenters. The molecule has 0 aliphatic carbocycles. The van der Waals surface area contributed by atoms with Gasteiger partial charge in [-0.05, 0) is 18.2 Å². The smallest absolute Gasteiger partial charge is 0.311 e. The van der Waals surface area contributed by atoms with Gasteiger partial charge in [0.15, 0.2) is 0 Å². The molecule has 0 amide bonds. The summed E-state index contributed by atoms with van der Waals surface area (Å²) in [5, 5.41) is 11.6. The summed E-state index contributed by atoms with van der Waals surface area (Å²) in [6, 6.07) is 10.7. The van der Waals surface area contributed by atoms with Crippen LogP contribution in [0.3, 0.4) is 0 Å². The first kappa shape index (κ1) is 12.7. The van der Waals surface area contributed by atoms with Crippen molar-refractivity contribution in [2.24, 2.45) is 0 Å². The minimum atomic E-state index is -0.520. The Kier molecular flexibility index (Phi) is 3.69. The van der Waals surface area contributed by atoms with Gasteiger partial charge in [0, 0.05) is 17.2 Å². The number of hydrogen-bond acceptors (Lipinski definition) is 3. The highest BCUT2D eigenvalue weighted by Gasteiger charge is 2.15. The van der Waals surface area contributed by atoms with E-state index >= 15 is 0 Å². The van der Waals surface area contributed by atoms with E-state index in [2.05, 4.69) is 0 Å². The number of nitro benzene ring substituents is 1. The van der Waals surface area contributed by atoms with Gasteiger partial charge >= 0.3 is 5.69 Å². The molecule has 0 saturated carbocycles. The largest absolute Gasteiger partial charge is 0.449 e. The number of rotatable bonds is 3. The van der Waals surface area contributed by atoms with Crippen LogP contribution in [0.4, 0.5) is 5.69 Å². The second-order valence-corrected chi connectivity index (χ2v) is 4.25. The zero-order valence-corrected chi connectivity index (χ0v) is 10.5. The lowest BCUT2D eigenvalue weighted by molar-refractivity contribution is -0.385. The Morgan fingerprint density at radius 2 is 1.78 bits per heavy atom. The van der Waals surface area contributed by atoms with Crippen LogP contribution in [0.2, 0.25) is 10.0 Å². The molecule has 0 aromatic heterocycles. The van der Waals surface area contributed by atoms with Gasteiger partial charge in [0.25, 0.3) is 0 Å². The summed E-state index contributed by atoms with van der Waals surface area (Å²) in [6.45, 7) is 0. The summed E-state index contributed by atoms with van der Waals surface area (Å²) in [5.41, 5.74) is -0.131. The lowest BCUT2D eigenvalue weighted by atomic mass is 10.3. The van der Waals surface area contributed by atoms with E-state index in [9.17, 15) is 10.1 Å². The van der Waals surface area contributed by atoms with Crippen molar-refractivity contribution < 1.29 is 9.66 Å². The van der Waals surface area contributed by atoms with E-state index in [0.29, 0.717) is 10.0 Å². The molecule has 0 atom stereocenters. The van der Waals surface area contributed by atoms with E-state index < -0.39 is 4.92 Å². The van der Waals surface area contributed by atoms with E-state index in [-0.39, 0.29) is 17.2 Å². The molecule has 2 aromatic rings. The van der Waals surface area contributed by atoms with Crippen molar-refractivity contribution >= 4 is 28.9 Å². The average Bonchev–Trinajstić information content (AvgIpc) is 2.34. The van der Waals surface area contributed by atoms with Crippen molar-refractivity contribution in [1.82, 2.24) is 0 Å². The highest BCUT2D eigenvalue weighted by Crippen LogP contribution is 2.35. The first-order valence-corrected chi connectivity index (χ1v) is 5.70. The molecule has 0 spiro atoms. The highest BCUT2D eigenvalue weighted by molar-refractivity contribution is 6.34. The Bertz CT molecular complexity index is 602. The van der Waals surface area contributed by atoms with Crippen LogP contribution in [-0.2, 0) is 0 Å².